The van der Waals surface area contributed by atoms with Crippen molar-refractivity contribution >= 4 is 39.3 Å². The number of imide groups is 1. The normalized spacial score (nSPS) is 19.2. The van der Waals surface area contributed by atoms with E-state index < -0.39 is 5.91 Å². The third-order valence-electron chi connectivity index (χ3n) is 0.586. The third kappa shape index (κ3) is 0.873. The van der Waals surface area contributed by atoms with Crippen molar-refractivity contribution < 1.29 is 9.59 Å². The molecule has 0 aromatic rings. The van der Waals surface area contributed by atoms with Crippen LogP contribution in [0.1, 0.15) is 0 Å². The van der Waals surface area contributed by atoms with Crippen LogP contribution in [0.4, 0.5) is 4.79 Å². The van der Waals surface area contributed by atoms with Crippen molar-refractivity contribution in [2.75, 3.05) is 0 Å². The fraction of sp³-hybridized carbons (Fsp3) is 0. The summed E-state index contributed by atoms with van der Waals surface area (Å²) in [4.78, 5) is 20.5. The van der Waals surface area contributed by atoms with Gasteiger partial charge in [0.2, 0.25) is 0 Å². The number of hydrogen-bond donors (Lipinski definition) is 1. The number of carbonyl (C=O) groups is 2. The first-order chi connectivity index (χ1) is 3.70. The summed E-state index contributed by atoms with van der Waals surface area (Å²) in [5.74, 6) is -0.449. The van der Waals surface area contributed by atoms with Crippen LogP contribution in [-0.4, -0.2) is 15.3 Å². The Balaban J connectivity index is 2.79. The molecule has 0 aromatic heterocycles. The summed E-state index contributed by atoms with van der Waals surface area (Å²) >= 11 is 5.21. The summed E-state index contributed by atoms with van der Waals surface area (Å²) in [6.07, 6.45) is 0. The molecule has 3 nitrogen and oxygen atoms in total. The average Bonchev–Trinajstić information content (AvgIpc) is 1.85. The Morgan fingerprint density at radius 3 is 2.25 bits per heavy atom. The maximum atomic E-state index is 10.3. The second-order valence-electron chi connectivity index (χ2n) is 1.13. The van der Waals surface area contributed by atoms with Crippen molar-refractivity contribution in [3.8, 4) is 0 Å². The van der Waals surface area contributed by atoms with E-state index in [1.807, 2.05) is 5.32 Å². The van der Waals surface area contributed by atoms with Crippen LogP contribution in [0.15, 0.2) is 0 Å². The van der Waals surface area contributed by atoms with Gasteiger partial charge < -0.3 is 0 Å². The SMILES string of the molecule is O=C1NC(=O)C(=S)S1. The number of nitrogens with one attached hydrogen (secondary N) is 1. The van der Waals surface area contributed by atoms with E-state index in [1.54, 1.807) is 0 Å². The summed E-state index contributed by atoms with van der Waals surface area (Å²) in [5, 5.41) is 1.64. The molecule has 0 spiro atoms. The standard InChI is InChI=1S/C3HNO2S2/c5-1-2(7)8-3(6)4-1/h(H,4,5,6). The fourth-order valence-electron chi connectivity index (χ4n) is 0.300. The first-order valence-electron chi connectivity index (χ1n) is 1.77. The number of amides is 2. The molecule has 1 aliphatic heterocycles. The lowest BCUT2D eigenvalue weighted by Crippen LogP contribution is -2.20. The molecule has 1 N–H and O–H groups in total. The maximum Gasteiger partial charge on any atom is 0.291 e. The van der Waals surface area contributed by atoms with E-state index in [2.05, 4.69) is 12.2 Å². The molecular formula is C3HNO2S2. The van der Waals surface area contributed by atoms with Gasteiger partial charge in [-0.3, -0.25) is 14.9 Å². The van der Waals surface area contributed by atoms with Crippen LogP contribution >= 0.6 is 24.0 Å². The molecule has 1 aliphatic rings. The summed E-state index contributed by atoms with van der Waals surface area (Å²) in [6, 6.07) is 0. The minimum Gasteiger partial charge on any atom is -0.281 e. The van der Waals surface area contributed by atoms with Crippen LogP contribution in [-0.2, 0) is 4.79 Å². The largest absolute Gasteiger partial charge is 0.291 e. The van der Waals surface area contributed by atoms with Gasteiger partial charge in [0.05, 0.1) is 0 Å². The number of hydrogen-bond acceptors (Lipinski definition) is 4. The van der Waals surface area contributed by atoms with Crippen molar-refractivity contribution in [1.82, 2.24) is 5.32 Å². The first-order valence-corrected chi connectivity index (χ1v) is 3.00. The lowest BCUT2D eigenvalue weighted by atomic mass is 10.7. The van der Waals surface area contributed by atoms with Gasteiger partial charge in [0, 0.05) is 0 Å². The molecule has 8 heavy (non-hydrogen) atoms. The monoisotopic (exact) mass is 147 g/mol. The van der Waals surface area contributed by atoms with Gasteiger partial charge >= 0.3 is 0 Å². The van der Waals surface area contributed by atoms with Gasteiger partial charge in [-0.2, -0.15) is 0 Å². The van der Waals surface area contributed by atoms with Gasteiger partial charge in [0.1, 0.15) is 4.20 Å². The van der Waals surface area contributed by atoms with Gasteiger partial charge in [-0.1, -0.05) is 12.2 Å². The van der Waals surface area contributed by atoms with Crippen molar-refractivity contribution in [3.05, 3.63) is 0 Å². The molecule has 5 heteroatoms. The zero-order chi connectivity index (χ0) is 6.15. The Hall–Kier alpha value is -0.420. The van der Waals surface area contributed by atoms with E-state index in [0.717, 1.165) is 11.8 Å². The molecule has 1 heterocycles. The highest BCUT2D eigenvalue weighted by Gasteiger charge is 2.24. The van der Waals surface area contributed by atoms with E-state index in [0.29, 0.717) is 0 Å². The third-order valence-corrected chi connectivity index (χ3v) is 1.68. The molecule has 0 radical (unpaired) electrons. The maximum absolute atomic E-state index is 10.3. The van der Waals surface area contributed by atoms with Crippen molar-refractivity contribution in [3.63, 3.8) is 0 Å². The van der Waals surface area contributed by atoms with Crippen LogP contribution in [0.5, 0.6) is 0 Å². The number of carbonyl (C=O) groups excluding carboxylic acids is 2. The van der Waals surface area contributed by atoms with E-state index in [9.17, 15) is 9.59 Å². The van der Waals surface area contributed by atoms with Crippen LogP contribution in [0.25, 0.3) is 0 Å². The van der Waals surface area contributed by atoms with Crippen molar-refractivity contribution in [2.45, 2.75) is 0 Å². The molecule has 0 bridgehead atoms. The first kappa shape index (κ1) is 5.71. The molecule has 42 valence electrons. The lowest BCUT2D eigenvalue weighted by molar-refractivity contribution is -0.113. The molecule has 0 unspecified atom stereocenters. The predicted octanol–water partition coefficient (Wildman–Crippen LogP) is 0.297. The van der Waals surface area contributed by atoms with Gasteiger partial charge in [-0.05, 0) is 11.8 Å². The average molecular weight is 147 g/mol. The van der Waals surface area contributed by atoms with Gasteiger partial charge in [-0.25, -0.2) is 0 Å². The summed E-state index contributed by atoms with van der Waals surface area (Å²) in [6.45, 7) is 0. The second kappa shape index (κ2) is 1.83. The Labute approximate surface area is 54.8 Å². The molecule has 0 atom stereocenters. The Morgan fingerprint density at radius 1 is 1.50 bits per heavy atom. The zero-order valence-electron chi connectivity index (χ0n) is 3.63. The highest BCUT2D eigenvalue weighted by Crippen LogP contribution is 2.11. The van der Waals surface area contributed by atoms with Gasteiger partial charge in [-0.15, -0.1) is 0 Å². The lowest BCUT2D eigenvalue weighted by Gasteiger charge is -1.77. The minimum absolute atomic E-state index is 0.106. The van der Waals surface area contributed by atoms with E-state index >= 15 is 0 Å². The summed E-state index contributed by atoms with van der Waals surface area (Å²) in [5.41, 5.74) is 0. The molecule has 0 aliphatic carbocycles. The highest BCUT2D eigenvalue weighted by molar-refractivity contribution is 8.35. The predicted molar refractivity (Wildman–Crippen MR) is 33.7 cm³/mol. The Kier molecular flexibility index (Phi) is 1.31. The molecule has 1 rings (SSSR count). The number of thioether (sulfide) groups is 1. The fourth-order valence-corrected chi connectivity index (χ4v) is 1.03. The molecule has 0 aromatic carbocycles. The van der Waals surface area contributed by atoms with Crippen LogP contribution < -0.4 is 5.32 Å². The second-order valence-corrected chi connectivity index (χ2v) is 2.78. The van der Waals surface area contributed by atoms with E-state index in [1.165, 1.54) is 0 Å². The molecule has 1 saturated heterocycles. The molecule has 1 fully saturated rings. The zero-order valence-corrected chi connectivity index (χ0v) is 5.27. The topological polar surface area (TPSA) is 46.2 Å². The van der Waals surface area contributed by atoms with Crippen LogP contribution in [0.3, 0.4) is 0 Å². The molecule has 2 amide bonds. The Bertz CT molecular complexity index is 158. The van der Waals surface area contributed by atoms with Crippen molar-refractivity contribution in [2.24, 2.45) is 0 Å². The Morgan fingerprint density at radius 2 is 2.12 bits per heavy atom. The van der Waals surface area contributed by atoms with E-state index in [4.69, 9.17) is 0 Å². The molecular weight excluding hydrogens is 146 g/mol. The summed E-state index contributed by atoms with van der Waals surface area (Å²) < 4.78 is 0.106. The van der Waals surface area contributed by atoms with Gasteiger partial charge in [0.15, 0.2) is 0 Å². The molecule has 0 saturated carbocycles. The van der Waals surface area contributed by atoms with Crippen molar-refractivity contribution in [1.29, 1.82) is 0 Å². The highest BCUT2D eigenvalue weighted by atomic mass is 32.2. The van der Waals surface area contributed by atoms with Crippen LogP contribution in [0, 0.1) is 0 Å². The number of rotatable bonds is 0. The number of thiocarbonyl (C=S) groups is 1. The quantitative estimate of drug-likeness (QED) is 0.500. The van der Waals surface area contributed by atoms with Crippen LogP contribution in [0.2, 0.25) is 0 Å². The summed E-state index contributed by atoms with van der Waals surface area (Å²) in [7, 11) is 0. The smallest absolute Gasteiger partial charge is 0.281 e. The minimum atomic E-state index is -0.449. The van der Waals surface area contributed by atoms with E-state index in [-0.39, 0.29) is 9.44 Å². The van der Waals surface area contributed by atoms with Gasteiger partial charge in [0.25, 0.3) is 11.1 Å².